The fourth-order valence-electron chi connectivity index (χ4n) is 2.65. The van der Waals surface area contributed by atoms with Gasteiger partial charge in [-0.3, -0.25) is 9.59 Å². The van der Waals surface area contributed by atoms with Crippen LogP contribution in [0.15, 0.2) is 42.5 Å². The molecule has 0 aliphatic rings. The van der Waals surface area contributed by atoms with E-state index in [1.54, 1.807) is 48.2 Å². The van der Waals surface area contributed by atoms with Crippen molar-refractivity contribution in [1.82, 2.24) is 4.90 Å². The first kappa shape index (κ1) is 23.0. The van der Waals surface area contributed by atoms with Crippen LogP contribution in [0, 0.1) is 11.3 Å². The first-order valence-electron chi connectivity index (χ1n) is 9.56. The molecule has 0 radical (unpaired) electrons. The molecule has 7 nitrogen and oxygen atoms in total. The summed E-state index contributed by atoms with van der Waals surface area (Å²) in [5.74, 6) is 0.158. The summed E-state index contributed by atoms with van der Waals surface area (Å²) in [5.41, 5.74) is 0.803. The molecule has 0 spiro atoms. The number of rotatable bonds is 9. The fourth-order valence-corrected chi connectivity index (χ4v) is 2.89. The number of ether oxygens (including phenoxy) is 2. The van der Waals surface area contributed by atoms with Crippen molar-refractivity contribution in [3.8, 4) is 17.6 Å². The van der Waals surface area contributed by atoms with Crippen LogP contribution < -0.4 is 14.8 Å². The second-order valence-corrected chi connectivity index (χ2v) is 6.76. The van der Waals surface area contributed by atoms with Crippen molar-refractivity contribution in [2.75, 3.05) is 25.0 Å². The molecule has 0 bridgehead atoms. The molecule has 2 aromatic carbocycles. The fraction of sp³-hybridized carbons (Fsp3) is 0.318. The van der Waals surface area contributed by atoms with E-state index < -0.39 is 12.0 Å². The van der Waals surface area contributed by atoms with Crippen LogP contribution in [0.5, 0.6) is 11.5 Å². The van der Waals surface area contributed by atoms with Crippen molar-refractivity contribution in [1.29, 1.82) is 5.26 Å². The van der Waals surface area contributed by atoms with E-state index in [0.29, 0.717) is 35.8 Å². The lowest BCUT2D eigenvalue weighted by Gasteiger charge is -2.19. The van der Waals surface area contributed by atoms with Gasteiger partial charge in [-0.1, -0.05) is 23.7 Å². The molecule has 158 valence electrons. The third-order valence-electron chi connectivity index (χ3n) is 4.35. The van der Waals surface area contributed by atoms with Gasteiger partial charge in [0.1, 0.15) is 17.6 Å². The van der Waals surface area contributed by atoms with E-state index in [-0.39, 0.29) is 17.5 Å². The highest BCUT2D eigenvalue weighted by molar-refractivity contribution is 6.32. The van der Waals surface area contributed by atoms with E-state index in [1.807, 2.05) is 19.9 Å². The zero-order valence-corrected chi connectivity index (χ0v) is 17.9. The lowest BCUT2D eigenvalue weighted by atomic mass is 10.2. The quantitative estimate of drug-likeness (QED) is 0.653. The van der Waals surface area contributed by atoms with E-state index in [1.165, 1.54) is 6.07 Å². The number of nitrogens with one attached hydrogen (secondary N) is 1. The van der Waals surface area contributed by atoms with E-state index in [0.717, 1.165) is 0 Å². The van der Waals surface area contributed by atoms with Gasteiger partial charge in [0.05, 0.1) is 10.6 Å². The van der Waals surface area contributed by atoms with Crippen molar-refractivity contribution in [2.45, 2.75) is 26.9 Å². The summed E-state index contributed by atoms with van der Waals surface area (Å²) < 4.78 is 11.1. The topological polar surface area (TPSA) is 91.7 Å². The molecule has 2 amide bonds. The Kier molecular flexibility index (Phi) is 8.51. The van der Waals surface area contributed by atoms with E-state index in [9.17, 15) is 9.59 Å². The van der Waals surface area contributed by atoms with Crippen molar-refractivity contribution in [3.63, 3.8) is 0 Å². The molecule has 30 heavy (non-hydrogen) atoms. The molecule has 0 aromatic heterocycles. The van der Waals surface area contributed by atoms with Gasteiger partial charge in [0.15, 0.2) is 12.7 Å². The number of hydrogen-bond acceptors (Lipinski definition) is 5. The largest absolute Gasteiger partial charge is 0.482 e. The highest BCUT2D eigenvalue weighted by Crippen LogP contribution is 2.28. The van der Waals surface area contributed by atoms with Crippen LogP contribution in [-0.4, -0.2) is 42.5 Å². The van der Waals surface area contributed by atoms with Gasteiger partial charge in [-0.05, 0) is 51.1 Å². The molecule has 2 rings (SSSR count). The van der Waals surface area contributed by atoms with Crippen LogP contribution in [0.1, 0.15) is 26.3 Å². The molecular formula is C22H24ClN3O4. The maximum Gasteiger partial charge on any atom is 0.265 e. The number of carbonyl (C=O) groups excluding carboxylic acids is 2. The van der Waals surface area contributed by atoms with Gasteiger partial charge in [0, 0.05) is 18.8 Å². The summed E-state index contributed by atoms with van der Waals surface area (Å²) in [6.07, 6.45) is -0.833. The normalized spacial score (nSPS) is 11.2. The third-order valence-corrected chi connectivity index (χ3v) is 4.64. The SMILES string of the molecule is CCN(CC)C(=O)COc1ccc(NC(=O)C(C)Oc2ccccc2C#N)cc1Cl. The highest BCUT2D eigenvalue weighted by atomic mass is 35.5. The first-order valence-corrected chi connectivity index (χ1v) is 9.94. The Morgan fingerprint density at radius 3 is 2.50 bits per heavy atom. The molecule has 0 saturated carbocycles. The summed E-state index contributed by atoms with van der Waals surface area (Å²) in [6, 6.07) is 13.5. The van der Waals surface area contributed by atoms with Gasteiger partial charge in [0.25, 0.3) is 11.8 Å². The van der Waals surface area contributed by atoms with Crippen LogP contribution in [-0.2, 0) is 9.59 Å². The second kappa shape index (κ2) is 11.1. The van der Waals surface area contributed by atoms with E-state index in [4.69, 9.17) is 26.3 Å². The summed E-state index contributed by atoms with van der Waals surface area (Å²) in [6.45, 7) is 6.48. The predicted molar refractivity (Wildman–Crippen MR) is 115 cm³/mol. The Morgan fingerprint density at radius 1 is 1.17 bits per heavy atom. The van der Waals surface area contributed by atoms with Crippen molar-refractivity contribution in [3.05, 3.63) is 53.1 Å². The molecule has 1 N–H and O–H groups in total. The first-order chi connectivity index (χ1) is 14.4. The molecule has 0 heterocycles. The predicted octanol–water partition coefficient (Wildman–Crippen LogP) is 3.86. The minimum absolute atomic E-state index is 0.115. The molecule has 1 atom stereocenters. The average molecular weight is 430 g/mol. The monoisotopic (exact) mass is 429 g/mol. The number of likely N-dealkylation sites (N-methyl/N-ethyl adjacent to an activating group) is 1. The number of benzene rings is 2. The molecule has 0 aliphatic carbocycles. The smallest absolute Gasteiger partial charge is 0.265 e. The maximum atomic E-state index is 12.4. The average Bonchev–Trinajstić information content (AvgIpc) is 2.74. The number of amides is 2. The molecular weight excluding hydrogens is 406 g/mol. The summed E-state index contributed by atoms with van der Waals surface area (Å²) in [4.78, 5) is 26.1. The van der Waals surface area contributed by atoms with Gasteiger partial charge in [-0.25, -0.2) is 0 Å². The van der Waals surface area contributed by atoms with Gasteiger partial charge in [0.2, 0.25) is 0 Å². The number of para-hydroxylation sites is 1. The van der Waals surface area contributed by atoms with Gasteiger partial charge in [-0.2, -0.15) is 5.26 Å². The molecule has 2 aromatic rings. The number of nitriles is 1. The Bertz CT molecular complexity index is 938. The van der Waals surface area contributed by atoms with Crippen LogP contribution in [0.4, 0.5) is 5.69 Å². The van der Waals surface area contributed by atoms with Crippen molar-refractivity contribution < 1.29 is 19.1 Å². The standard InChI is InChI=1S/C22H24ClN3O4/c1-4-26(5-2)21(27)14-29-20-11-10-17(12-18(20)23)25-22(28)15(3)30-19-9-7-6-8-16(19)13-24/h6-12,15H,4-5,14H2,1-3H3,(H,25,28). The second-order valence-electron chi connectivity index (χ2n) is 6.36. The summed E-state index contributed by atoms with van der Waals surface area (Å²) >= 11 is 6.22. The summed E-state index contributed by atoms with van der Waals surface area (Å²) in [7, 11) is 0. The van der Waals surface area contributed by atoms with Crippen molar-refractivity contribution in [2.24, 2.45) is 0 Å². The van der Waals surface area contributed by atoms with Crippen LogP contribution in [0.3, 0.4) is 0 Å². The minimum Gasteiger partial charge on any atom is -0.482 e. The number of nitrogens with zero attached hydrogens (tertiary/aromatic N) is 2. The zero-order valence-electron chi connectivity index (χ0n) is 17.1. The lowest BCUT2D eigenvalue weighted by molar-refractivity contribution is -0.133. The third kappa shape index (κ3) is 6.13. The van der Waals surface area contributed by atoms with Gasteiger partial charge in [-0.15, -0.1) is 0 Å². The summed E-state index contributed by atoms with van der Waals surface area (Å²) in [5, 5.41) is 12.1. The maximum absolute atomic E-state index is 12.4. The van der Waals surface area contributed by atoms with Crippen molar-refractivity contribution >= 4 is 29.1 Å². The molecule has 0 fully saturated rings. The lowest BCUT2D eigenvalue weighted by Crippen LogP contribution is -2.34. The van der Waals surface area contributed by atoms with Crippen LogP contribution in [0.25, 0.3) is 0 Å². The van der Waals surface area contributed by atoms with Crippen LogP contribution >= 0.6 is 11.6 Å². The Balaban J connectivity index is 1.97. The highest BCUT2D eigenvalue weighted by Gasteiger charge is 2.17. The van der Waals surface area contributed by atoms with Gasteiger partial charge < -0.3 is 19.7 Å². The van der Waals surface area contributed by atoms with Crippen LogP contribution in [0.2, 0.25) is 5.02 Å². The van der Waals surface area contributed by atoms with E-state index in [2.05, 4.69) is 5.32 Å². The van der Waals surface area contributed by atoms with Gasteiger partial charge >= 0.3 is 0 Å². The molecule has 0 saturated heterocycles. The Hall–Kier alpha value is -3.24. The Labute approximate surface area is 181 Å². The molecule has 1 unspecified atom stereocenters. The zero-order chi connectivity index (χ0) is 22.1. The Morgan fingerprint density at radius 2 is 1.87 bits per heavy atom. The molecule has 0 aliphatic heterocycles. The number of halogens is 1. The number of hydrogen-bond donors (Lipinski definition) is 1. The number of anilines is 1. The minimum atomic E-state index is -0.833. The van der Waals surface area contributed by atoms with E-state index >= 15 is 0 Å². The number of carbonyl (C=O) groups is 2. The molecule has 8 heteroatoms.